The number of benzene rings is 1. The Kier molecular flexibility index (Phi) is 4.54. The van der Waals surface area contributed by atoms with Crippen molar-refractivity contribution in [2.45, 2.75) is 33.3 Å². The fraction of sp³-hybridized carbons (Fsp3) is 0.571. The number of rotatable bonds is 4. The van der Waals surface area contributed by atoms with Crippen LogP contribution in [-0.4, -0.2) is 23.8 Å². The molecule has 0 radical (unpaired) electrons. The first-order valence-electron chi connectivity index (χ1n) is 5.98. The minimum absolute atomic E-state index is 0.158. The first kappa shape index (κ1) is 14.0. The second-order valence-corrected chi connectivity index (χ2v) is 5.70. The van der Waals surface area contributed by atoms with E-state index in [-0.39, 0.29) is 11.2 Å². The summed E-state index contributed by atoms with van der Waals surface area (Å²) < 4.78 is 0. The molecular weight excluding hydrogens is 214 g/mol. The van der Waals surface area contributed by atoms with Gasteiger partial charge in [0.15, 0.2) is 0 Å². The molecule has 1 atom stereocenters. The molecule has 0 heterocycles. The van der Waals surface area contributed by atoms with Crippen LogP contribution in [0.4, 0.5) is 0 Å². The summed E-state index contributed by atoms with van der Waals surface area (Å²) in [6.07, 6.45) is 0.256. The van der Waals surface area contributed by atoms with Gasteiger partial charge in [-0.2, -0.15) is 0 Å². The van der Waals surface area contributed by atoms with Crippen molar-refractivity contribution < 1.29 is 10.2 Å². The lowest BCUT2D eigenvalue weighted by Gasteiger charge is -2.20. The molecule has 0 saturated carbocycles. The van der Waals surface area contributed by atoms with E-state index in [1.54, 1.807) is 13.1 Å². The lowest BCUT2D eigenvalue weighted by molar-refractivity contribution is 0.173. The van der Waals surface area contributed by atoms with Gasteiger partial charge in [-0.3, -0.25) is 0 Å². The highest BCUT2D eigenvalue weighted by Crippen LogP contribution is 2.28. The summed E-state index contributed by atoms with van der Waals surface area (Å²) in [4.78, 5) is 0. The summed E-state index contributed by atoms with van der Waals surface area (Å²) in [7, 11) is 1.78. The zero-order valence-electron chi connectivity index (χ0n) is 11.1. The van der Waals surface area contributed by atoms with E-state index in [9.17, 15) is 10.2 Å². The van der Waals surface area contributed by atoms with Gasteiger partial charge in [-0.1, -0.05) is 26.8 Å². The Morgan fingerprint density at radius 3 is 2.47 bits per heavy atom. The van der Waals surface area contributed by atoms with Crippen LogP contribution in [0.2, 0.25) is 0 Å². The van der Waals surface area contributed by atoms with E-state index < -0.39 is 6.10 Å². The number of phenols is 1. The minimum atomic E-state index is -0.667. The summed E-state index contributed by atoms with van der Waals surface area (Å²) in [5.41, 5.74) is 1.93. The molecule has 3 N–H and O–H groups in total. The molecule has 1 aromatic carbocycles. The lowest BCUT2D eigenvalue weighted by atomic mass is 9.87. The summed E-state index contributed by atoms with van der Waals surface area (Å²) in [6, 6.07) is 5.47. The number of aliphatic hydroxyl groups excluding tert-OH is 1. The highest BCUT2D eigenvalue weighted by atomic mass is 16.3. The van der Waals surface area contributed by atoms with Crippen LogP contribution in [0.3, 0.4) is 0 Å². The van der Waals surface area contributed by atoms with E-state index in [0.717, 1.165) is 12.0 Å². The molecule has 0 saturated heterocycles. The van der Waals surface area contributed by atoms with Crippen molar-refractivity contribution in [3.05, 3.63) is 29.3 Å². The second kappa shape index (κ2) is 5.52. The van der Waals surface area contributed by atoms with E-state index in [0.29, 0.717) is 12.1 Å². The molecule has 0 aliphatic heterocycles. The van der Waals surface area contributed by atoms with Crippen molar-refractivity contribution in [2.75, 3.05) is 13.6 Å². The zero-order valence-corrected chi connectivity index (χ0v) is 11.1. The highest BCUT2D eigenvalue weighted by Gasteiger charge is 2.15. The Morgan fingerprint density at radius 1 is 1.29 bits per heavy atom. The van der Waals surface area contributed by atoms with Crippen LogP contribution in [0.5, 0.6) is 5.75 Å². The monoisotopic (exact) mass is 237 g/mol. The third-order valence-corrected chi connectivity index (χ3v) is 2.58. The molecule has 0 bridgehead atoms. The Morgan fingerprint density at radius 2 is 1.94 bits per heavy atom. The third-order valence-electron chi connectivity index (χ3n) is 2.58. The predicted octanol–water partition coefficient (Wildman–Crippen LogP) is 2.23. The maximum absolute atomic E-state index is 9.90. The molecular formula is C14H23NO2. The number of nitrogens with one attached hydrogen (secondary N) is 1. The summed E-state index contributed by atoms with van der Waals surface area (Å²) in [5, 5.41) is 22.5. The molecule has 1 unspecified atom stereocenters. The van der Waals surface area contributed by atoms with Crippen molar-refractivity contribution in [2.24, 2.45) is 5.41 Å². The van der Waals surface area contributed by atoms with Crippen LogP contribution in [-0.2, 0) is 6.42 Å². The maximum Gasteiger partial charge on any atom is 0.121 e. The quantitative estimate of drug-likeness (QED) is 0.752. The van der Waals surface area contributed by atoms with Gasteiger partial charge in [0.1, 0.15) is 5.75 Å². The van der Waals surface area contributed by atoms with Gasteiger partial charge in [0, 0.05) is 12.1 Å². The normalized spacial score (nSPS) is 13.7. The van der Waals surface area contributed by atoms with Gasteiger partial charge in [-0.05, 0) is 36.6 Å². The van der Waals surface area contributed by atoms with Crippen LogP contribution in [0.25, 0.3) is 0 Å². The van der Waals surface area contributed by atoms with Crippen LogP contribution < -0.4 is 5.32 Å². The Bertz CT molecular complexity index is 369. The van der Waals surface area contributed by atoms with Crippen LogP contribution >= 0.6 is 0 Å². The molecule has 1 rings (SSSR count). The zero-order chi connectivity index (χ0) is 13.1. The van der Waals surface area contributed by atoms with Crippen LogP contribution in [0.15, 0.2) is 18.2 Å². The third kappa shape index (κ3) is 4.36. The first-order chi connectivity index (χ1) is 7.83. The molecule has 0 aliphatic rings. The number of aromatic hydroxyl groups is 1. The fourth-order valence-electron chi connectivity index (χ4n) is 1.90. The molecule has 96 valence electrons. The van der Waals surface area contributed by atoms with Gasteiger partial charge in [0.05, 0.1) is 6.10 Å². The van der Waals surface area contributed by atoms with Gasteiger partial charge in [-0.25, -0.2) is 0 Å². The van der Waals surface area contributed by atoms with Gasteiger partial charge < -0.3 is 15.5 Å². The van der Waals surface area contributed by atoms with Gasteiger partial charge >= 0.3 is 0 Å². The summed E-state index contributed by atoms with van der Waals surface area (Å²) in [6.45, 7) is 6.95. The standard InChI is InChI=1S/C14H23NO2/c1-14(2,3)8-10-5-6-12(16)11(7-10)13(17)9-15-4/h5-7,13,15-17H,8-9H2,1-4H3. The Labute approximate surface area is 103 Å². The van der Waals surface area contributed by atoms with Crippen LogP contribution in [0, 0.1) is 5.41 Å². The van der Waals surface area contributed by atoms with E-state index in [1.165, 1.54) is 0 Å². The first-order valence-corrected chi connectivity index (χ1v) is 5.98. The predicted molar refractivity (Wildman–Crippen MR) is 70.2 cm³/mol. The van der Waals surface area contributed by atoms with E-state index in [2.05, 4.69) is 26.1 Å². The molecule has 3 nitrogen and oxygen atoms in total. The molecule has 1 aromatic rings. The smallest absolute Gasteiger partial charge is 0.121 e. The molecule has 0 aliphatic carbocycles. The Balaban J connectivity index is 2.94. The van der Waals surface area contributed by atoms with Crippen molar-refractivity contribution in [1.29, 1.82) is 0 Å². The second-order valence-electron chi connectivity index (χ2n) is 5.70. The summed E-state index contributed by atoms with van der Waals surface area (Å²) >= 11 is 0. The van der Waals surface area contributed by atoms with Crippen LogP contribution in [0.1, 0.15) is 38.0 Å². The number of hydrogen-bond acceptors (Lipinski definition) is 3. The molecule has 0 spiro atoms. The maximum atomic E-state index is 9.90. The van der Waals surface area contributed by atoms with E-state index in [4.69, 9.17) is 0 Å². The topological polar surface area (TPSA) is 52.5 Å². The molecule has 0 amide bonds. The lowest BCUT2D eigenvalue weighted by Crippen LogP contribution is -2.17. The average molecular weight is 237 g/mol. The largest absolute Gasteiger partial charge is 0.508 e. The van der Waals surface area contributed by atoms with Gasteiger partial charge in [0.2, 0.25) is 0 Å². The van der Waals surface area contributed by atoms with Crippen molar-refractivity contribution >= 4 is 0 Å². The van der Waals surface area contributed by atoms with E-state index in [1.807, 2.05) is 12.1 Å². The number of aliphatic hydroxyl groups is 1. The molecule has 0 fully saturated rings. The molecule has 3 heteroatoms. The minimum Gasteiger partial charge on any atom is -0.508 e. The number of phenolic OH excluding ortho intramolecular Hbond substituents is 1. The van der Waals surface area contributed by atoms with Crippen molar-refractivity contribution in [3.63, 3.8) is 0 Å². The highest BCUT2D eigenvalue weighted by molar-refractivity contribution is 5.38. The number of hydrogen-bond donors (Lipinski definition) is 3. The van der Waals surface area contributed by atoms with E-state index >= 15 is 0 Å². The fourth-order valence-corrected chi connectivity index (χ4v) is 1.90. The molecule has 0 aromatic heterocycles. The van der Waals surface area contributed by atoms with Gasteiger partial charge in [0.25, 0.3) is 0 Å². The average Bonchev–Trinajstić information content (AvgIpc) is 2.19. The molecule has 17 heavy (non-hydrogen) atoms. The summed E-state index contributed by atoms with van der Waals surface area (Å²) in [5.74, 6) is 0.158. The Hall–Kier alpha value is -1.06. The van der Waals surface area contributed by atoms with Crippen molar-refractivity contribution in [1.82, 2.24) is 5.32 Å². The van der Waals surface area contributed by atoms with Crippen molar-refractivity contribution in [3.8, 4) is 5.75 Å². The SMILES string of the molecule is CNCC(O)c1cc(CC(C)(C)C)ccc1O. The van der Waals surface area contributed by atoms with Gasteiger partial charge in [-0.15, -0.1) is 0 Å². The number of likely N-dealkylation sites (N-methyl/N-ethyl adjacent to an activating group) is 1.